The van der Waals surface area contributed by atoms with E-state index in [-0.39, 0.29) is 11.3 Å². The van der Waals surface area contributed by atoms with Crippen molar-refractivity contribution in [2.24, 2.45) is 5.73 Å². The van der Waals surface area contributed by atoms with Crippen LogP contribution in [0, 0.1) is 0 Å². The molecule has 0 radical (unpaired) electrons. The third-order valence-corrected chi connectivity index (χ3v) is 3.41. The van der Waals surface area contributed by atoms with Crippen molar-refractivity contribution in [3.8, 4) is 0 Å². The zero-order valence-electron chi connectivity index (χ0n) is 10.2. The molecule has 0 aliphatic heterocycles. The van der Waals surface area contributed by atoms with Gasteiger partial charge in [-0.25, -0.2) is 0 Å². The molecule has 0 spiro atoms. The van der Waals surface area contributed by atoms with E-state index in [2.05, 4.69) is 25.1 Å². The van der Waals surface area contributed by atoms with Gasteiger partial charge >= 0.3 is 0 Å². The maximum atomic E-state index is 11.2. The Bertz CT molecular complexity index is 499. The molecule has 2 heteroatoms. The summed E-state index contributed by atoms with van der Waals surface area (Å²) < 4.78 is 0. The zero-order valence-corrected chi connectivity index (χ0v) is 10.2. The predicted octanol–water partition coefficient (Wildman–Crippen LogP) is 2.71. The van der Waals surface area contributed by atoms with Crippen LogP contribution >= 0.6 is 0 Å². The first-order valence-corrected chi connectivity index (χ1v) is 5.77. The van der Waals surface area contributed by atoms with Crippen LogP contribution in [0.5, 0.6) is 0 Å². The molecule has 1 atom stereocenters. The number of hydrogen-bond acceptors (Lipinski definition) is 1. The Morgan fingerprint density at radius 3 is 2.47 bits per heavy atom. The molecule has 88 valence electrons. The average molecular weight is 227 g/mol. The summed E-state index contributed by atoms with van der Waals surface area (Å²) in [5.74, 6) is -0.339. The highest BCUT2D eigenvalue weighted by molar-refractivity contribution is 5.96. The van der Waals surface area contributed by atoms with Gasteiger partial charge in [0, 0.05) is 11.0 Å². The van der Waals surface area contributed by atoms with Gasteiger partial charge in [-0.3, -0.25) is 4.79 Å². The van der Waals surface area contributed by atoms with Crippen molar-refractivity contribution >= 4 is 5.91 Å². The number of primary amides is 1. The Morgan fingerprint density at radius 1 is 1.29 bits per heavy atom. The third-order valence-electron chi connectivity index (χ3n) is 3.41. The second kappa shape index (κ2) is 4.21. The van der Waals surface area contributed by atoms with E-state index in [1.807, 2.05) is 31.2 Å². The minimum absolute atomic E-state index is 0.0374. The molecule has 1 aromatic carbocycles. The molecule has 1 aromatic rings. The van der Waals surface area contributed by atoms with Gasteiger partial charge in [-0.2, -0.15) is 0 Å². The zero-order chi connectivity index (χ0) is 12.5. The van der Waals surface area contributed by atoms with E-state index in [0.717, 1.165) is 12.0 Å². The van der Waals surface area contributed by atoms with Crippen LogP contribution in [0.4, 0.5) is 0 Å². The Morgan fingerprint density at radius 2 is 1.94 bits per heavy atom. The molecule has 17 heavy (non-hydrogen) atoms. The van der Waals surface area contributed by atoms with Crippen molar-refractivity contribution in [2.75, 3.05) is 0 Å². The van der Waals surface area contributed by atoms with E-state index >= 15 is 0 Å². The molecular formula is C15H17NO. The molecule has 1 unspecified atom stereocenters. The standard InChI is InChI=1S/C15H17NO/c1-11-10-15(2,9-8-13(11)14(16)17)12-6-4-3-5-7-12/h3-9H,10H2,1-2H3,(H2,16,17). The summed E-state index contributed by atoms with van der Waals surface area (Å²) in [6.07, 6.45) is 4.77. The molecule has 1 aliphatic rings. The highest BCUT2D eigenvalue weighted by Crippen LogP contribution is 2.36. The van der Waals surface area contributed by atoms with Crippen LogP contribution in [0.15, 0.2) is 53.6 Å². The van der Waals surface area contributed by atoms with Crippen LogP contribution in [-0.2, 0) is 10.2 Å². The second-order valence-corrected chi connectivity index (χ2v) is 4.85. The normalized spacial score (nSPS) is 23.9. The van der Waals surface area contributed by atoms with Crippen LogP contribution in [0.3, 0.4) is 0 Å². The average Bonchev–Trinajstić information content (AvgIpc) is 2.29. The monoisotopic (exact) mass is 227 g/mol. The summed E-state index contributed by atoms with van der Waals surface area (Å²) in [6.45, 7) is 4.16. The molecule has 0 aromatic heterocycles. The van der Waals surface area contributed by atoms with Crippen molar-refractivity contribution in [3.63, 3.8) is 0 Å². The van der Waals surface area contributed by atoms with Crippen molar-refractivity contribution in [1.82, 2.24) is 0 Å². The van der Waals surface area contributed by atoms with Gasteiger partial charge in [0.1, 0.15) is 0 Å². The van der Waals surface area contributed by atoms with Gasteiger partial charge in [0.25, 0.3) is 0 Å². The first kappa shape index (κ1) is 11.6. The van der Waals surface area contributed by atoms with Crippen molar-refractivity contribution < 1.29 is 4.79 Å². The molecule has 1 aliphatic carbocycles. The van der Waals surface area contributed by atoms with E-state index < -0.39 is 0 Å². The molecular weight excluding hydrogens is 210 g/mol. The van der Waals surface area contributed by atoms with Gasteiger partial charge in [0.15, 0.2) is 0 Å². The lowest BCUT2D eigenvalue weighted by Gasteiger charge is -2.31. The Labute approximate surface area is 102 Å². The lowest BCUT2D eigenvalue weighted by Crippen LogP contribution is -2.25. The fraction of sp³-hybridized carbons (Fsp3) is 0.267. The summed E-state index contributed by atoms with van der Waals surface area (Å²) in [6, 6.07) is 10.3. The second-order valence-electron chi connectivity index (χ2n) is 4.85. The maximum Gasteiger partial charge on any atom is 0.248 e. The van der Waals surface area contributed by atoms with Crippen molar-refractivity contribution in [3.05, 3.63) is 59.2 Å². The van der Waals surface area contributed by atoms with E-state index in [1.54, 1.807) is 0 Å². The Kier molecular flexibility index (Phi) is 2.88. The minimum Gasteiger partial charge on any atom is -0.366 e. The van der Waals surface area contributed by atoms with Crippen LogP contribution in [0.25, 0.3) is 0 Å². The molecule has 0 saturated heterocycles. The summed E-state index contributed by atoms with van der Waals surface area (Å²) in [5.41, 5.74) is 8.28. The van der Waals surface area contributed by atoms with Crippen molar-refractivity contribution in [2.45, 2.75) is 25.7 Å². The molecule has 0 heterocycles. The molecule has 2 rings (SSSR count). The SMILES string of the molecule is CC1=C(C(N)=O)C=CC(C)(c2ccccc2)C1. The van der Waals surface area contributed by atoms with E-state index in [4.69, 9.17) is 5.73 Å². The van der Waals surface area contributed by atoms with Crippen LogP contribution < -0.4 is 5.73 Å². The molecule has 2 N–H and O–H groups in total. The lowest BCUT2D eigenvalue weighted by atomic mass is 9.73. The van der Waals surface area contributed by atoms with Gasteiger partial charge < -0.3 is 5.73 Å². The number of hydrogen-bond donors (Lipinski definition) is 1. The summed E-state index contributed by atoms with van der Waals surface area (Å²) >= 11 is 0. The number of allylic oxidation sites excluding steroid dienone is 2. The van der Waals surface area contributed by atoms with Gasteiger partial charge in [0.05, 0.1) is 0 Å². The van der Waals surface area contributed by atoms with Crippen LogP contribution in [0.2, 0.25) is 0 Å². The highest BCUT2D eigenvalue weighted by Gasteiger charge is 2.28. The van der Waals surface area contributed by atoms with Gasteiger partial charge in [-0.1, -0.05) is 55.0 Å². The smallest absolute Gasteiger partial charge is 0.248 e. The largest absolute Gasteiger partial charge is 0.366 e. The van der Waals surface area contributed by atoms with Gasteiger partial charge in [-0.05, 0) is 18.9 Å². The quantitative estimate of drug-likeness (QED) is 0.829. The number of nitrogens with two attached hydrogens (primary N) is 1. The maximum absolute atomic E-state index is 11.2. The van der Waals surface area contributed by atoms with Gasteiger partial charge in [-0.15, -0.1) is 0 Å². The molecule has 1 amide bonds. The number of rotatable bonds is 2. The Balaban J connectivity index is 2.36. The van der Waals surface area contributed by atoms with Crippen molar-refractivity contribution in [1.29, 1.82) is 0 Å². The summed E-state index contributed by atoms with van der Waals surface area (Å²) in [7, 11) is 0. The Hall–Kier alpha value is -1.83. The molecule has 2 nitrogen and oxygen atoms in total. The number of benzene rings is 1. The van der Waals surface area contributed by atoms with Crippen LogP contribution in [-0.4, -0.2) is 5.91 Å². The predicted molar refractivity (Wildman–Crippen MR) is 69.4 cm³/mol. The highest BCUT2D eigenvalue weighted by atomic mass is 16.1. The fourth-order valence-corrected chi connectivity index (χ4v) is 2.42. The van der Waals surface area contributed by atoms with E-state index in [0.29, 0.717) is 5.57 Å². The van der Waals surface area contributed by atoms with E-state index in [9.17, 15) is 4.79 Å². The summed E-state index contributed by atoms with van der Waals surface area (Å²) in [4.78, 5) is 11.2. The third kappa shape index (κ3) is 2.16. The first-order chi connectivity index (χ1) is 8.03. The number of carbonyl (C=O) groups is 1. The first-order valence-electron chi connectivity index (χ1n) is 5.77. The number of amides is 1. The fourth-order valence-electron chi connectivity index (χ4n) is 2.42. The molecule has 0 fully saturated rings. The lowest BCUT2D eigenvalue weighted by molar-refractivity contribution is -0.114. The topological polar surface area (TPSA) is 43.1 Å². The minimum atomic E-state index is -0.339. The van der Waals surface area contributed by atoms with E-state index in [1.165, 1.54) is 5.56 Å². The molecule has 0 saturated carbocycles. The molecule has 0 bridgehead atoms. The summed E-state index contributed by atoms with van der Waals surface area (Å²) in [5, 5.41) is 0. The number of carbonyl (C=O) groups excluding carboxylic acids is 1. The van der Waals surface area contributed by atoms with Crippen LogP contribution in [0.1, 0.15) is 25.8 Å². The van der Waals surface area contributed by atoms with Gasteiger partial charge in [0.2, 0.25) is 5.91 Å².